The molecule has 17 heavy (non-hydrogen) atoms. The minimum absolute atomic E-state index is 0.0872. The van der Waals surface area contributed by atoms with E-state index in [0.717, 1.165) is 12.8 Å². The van der Waals surface area contributed by atoms with Crippen molar-refractivity contribution in [2.75, 3.05) is 13.6 Å². The van der Waals surface area contributed by atoms with E-state index in [1.54, 1.807) is 7.05 Å². The van der Waals surface area contributed by atoms with E-state index in [4.69, 9.17) is 4.74 Å². The Balaban J connectivity index is 2.63. The summed E-state index contributed by atoms with van der Waals surface area (Å²) in [5.74, 6) is -0.0872. The molecule has 1 aliphatic heterocycles. The SMILES string of the molecule is CN(C(=O)OC(C)(C)C)C1CCCCNC1=O. The molecule has 0 aliphatic carbocycles. The highest BCUT2D eigenvalue weighted by molar-refractivity contribution is 5.85. The fourth-order valence-electron chi connectivity index (χ4n) is 1.75. The first kappa shape index (κ1) is 13.8. The summed E-state index contributed by atoms with van der Waals surface area (Å²) in [7, 11) is 1.61. The molecule has 1 aliphatic rings. The quantitative estimate of drug-likeness (QED) is 0.758. The third kappa shape index (κ3) is 4.24. The van der Waals surface area contributed by atoms with Crippen LogP contribution in [0.5, 0.6) is 0 Å². The van der Waals surface area contributed by atoms with Crippen molar-refractivity contribution in [1.82, 2.24) is 10.2 Å². The number of carbonyl (C=O) groups excluding carboxylic acids is 2. The Labute approximate surface area is 102 Å². The van der Waals surface area contributed by atoms with E-state index in [9.17, 15) is 9.59 Å². The average Bonchev–Trinajstić information content (AvgIpc) is 2.39. The summed E-state index contributed by atoms with van der Waals surface area (Å²) in [6.45, 7) is 6.13. The monoisotopic (exact) mass is 242 g/mol. The van der Waals surface area contributed by atoms with Crippen LogP contribution in [0.1, 0.15) is 40.0 Å². The number of amides is 2. The number of likely N-dealkylation sites (N-methyl/N-ethyl adjacent to an activating group) is 1. The second kappa shape index (κ2) is 5.38. The fraction of sp³-hybridized carbons (Fsp3) is 0.833. The van der Waals surface area contributed by atoms with Gasteiger partial charge in [0.25, 0.3) is 0 Å². The maximum Gasteiger partial charge on any atom is 0.410 e. The van der Waals surface area contributed by atoms with Gasteiger partial charge in [-0.3, -0.25) is 9.69 Å². The van der Waals surface area contributed by atoms with Crippen molar-refractivity contribution in [2.45, 2.75) is 51.7 Å². The predicted octanol–water partition coefficient (Wildman–Crippen LogP) is 1.52. The van der Waals surface area contributed by atoms with Gasteiger partial charge >= 0.3 is 6.09 Å². The van der Waals surface area contributed by atoms with Crippen molar-refractivity contribution in [3.63, 3.8) is 0 Å². The Morgan fingerprint density at radius 3 is 2.65 bits per heavy atom. The third-order valence-electron chi connectivity index (χ3n) is 2.66. The van der Waals surface area contributed by atoms with Gasteiger partial charge in [0, 0.05) is 13.6 Å². The van der Waals surface area contributed by atoms with E-state index >= 15 is 0 Å². The topological polar surface area (TPSA) is 58.6 Å². The molecule has 1 heterocycles. The van der Waals surface area contributed by atoms with Gasteiger partial charge in [0.05, 0.1) is 0 Å². The molecule has 98 valence electrons. The summed E-state index contributed by atoms with van der Waals surface area (Å²) in [6, 6.07) is -0.410. The van der Waals surface area contributed by atoms with E-state index in [1.165, 1.54) is 4.90 Å². The van der Waals surface area contributed by atoms with Crippen LogP contribution in [0.3, 0.4) is 0 Å². The molecular weight excluding hydrogens is 220 g/mol. The number of hydrogen-bond acceptors (Lipinski definition) is 3. The third-order valence-corrected chi connectivity index (χ3v) is 2.66. The van der Waals surface area contributed by atoms with Gasteiger partial charge in [-0.25, -0.2) is 4.79 Å². The van der Waals surface area contributed by atoms with Crippen molar-refractivity contribution in [1.29, 1.82) is 0 Å². The first-order chi connectivity index (χ1) is 7.81. The van der Waals surface area contributed by atoms with Crippen LogP contribution < -0.4 is 5.32 Å². The van der Waals surface area contributed by atoms with Gasteiger partial charge in [-0.2, -0.15) is 0 Å². The standard InChI is InChI=1S/C12H22N2O3/c1-12(2,3)17-11(16)14(4)9-7-5-6-8-13-10(9)15/h9H,5-8H2,1-4H3,(H,13,15). The number of rotatable bonds is 1. The van der Waals surface area contributed by atoms with Gasteiger partial charge in [0.2, 0.25) is 5.91 Å². The number of hydrogen-bond donors (Lipinski definition) is 1. The molecule has 0 aromatic carbocycles. The lowest BCUT2D eigenvalue weighted by atomic mass is 10.1. The zero-order chi connectivity index (χ0) is 13.1. The van der Waals surface area contributed by atoms with E-state index in [-0.39, 0.29) is 5.91 Å². The molecule has 0 aromatic heterocycles. The van der Waals surface area contributed by atoms with Crippen LogP contribution in [-0.4, -0.2) is 42.1 Å². The average molecular weight is 242 g/mol. The fourth-order valence-corrected chi connectivity index (χ4v) is 1.75. The summed E-state index contributed by atoms with van der Waals surface area (Å²) >= 11 is 0. The summed E-state index contributed by atoms with van der Waals surface area (Å²) in [4.78, 5) is 25.0. The van der Waals surface area contributed by atoms with Gasteiger partial charge in [0.1, 0.15) is 11.6 Å². The Kier molecular flexibility index (Phi) is 4.37. The molecule has 0 aromatic rings. The molecule has 0 saturated carbocycles. The van der Waals surface area contributed by atoms with E-state index in [1.807, 2.05) is 20.8 Å². The zero-order valence-corrected chi connectivity index (χ0v) is 11.1. The molecule has 1 N–H and O–H groups in total. The highest BCUT2D eigenvalue weighted by atomic mass is 16.6. The van der Waals surface area contributed by atoms with Crippen LogP contribution in [0.4, 0.5) is 4.79 Å². The Morgan fingerprint density at radius 2 is 2.06 bits per heavy atom. The summed E-state index contributed by atoms with van der Waals surface area (Å²) < 4.78 is 5.25. The number of carbonyl (C=O) groups is 2. The summed E-state index contributed by atoms with van der Waals surface area (Å²) in [5, 5.41) is 2.80. The Bertz CT molecular complexity index is 297. The minimum atomic E-state index is -0.535. The zero-order valence-electron chi connectivity index (χ0n) is 11.1. The van der Waals surface area contributed by atoms with Gasteiger partial charge in [-0.15, -0.1) is 0 Å². The molecule has 1 rings (SSSR count). The first-order valence-electron chi connectivity index (χ1n) is 6.05. The number of ether oxygens (including phenoxy) is 1. The molecule has 1 atom stereocenters. The summed E-state index contributed by atoms with van der Waals surface area (Å²) in [5.41, 5.74) is -0.535. The van der Waals surface area contributed by atoms with Crippen molar-refractivity contribution in [2.24, 2.45) is 0 Å². The number of nitrogens with zero attached hydrogens (tertiary/aromatic N) is 1. The van der Waals surface area contributed by atoms with Crippen LogP contribution >= 0.6 is 0 Å². The van der Waals surface area contributed by atoms with Crippen LogP contribution in [0, 0.1) is 0 Å². The second-order valence-corrected chi connectivity index (χ2v) is 5.39. The second-order valence-electron chi connectivity index (χ2n) is 5.39. The predicted molar refractivity (Wildman–Crippen MR) is 64.6 cm³/mol. The van der Waals surface area contributed by atoms with Crippen LogP contribution in [0.2, 0.25) is 0 Å². The Hall–Kier alpha value is -1.26. The molecule has 1 unspecified atom stereocenters. The lowest BCUT2D eigenvalue weighted by Crippen LogP contribution is -2.48. The number of nitrogens with one attached hydrogen (secondary N) is 1. The van der Waals surface area contributed by atoms with Crippen molar-refractivity contribution >= 4 is 12.0 Å². The van der Waals surface area contributed by atoms with Crippen LogP contribution in [0.25, 0.3) is 0 Å². The van der Waals surface area contributed by atoms with Crippen molar-refractivity contribution in [3.05, 3.63) is 0 Å². The molecule has 1 saturated heterocycles. The maximum atomic E-state index is 11.8. The van der Waals surface area contributed by atoms with Gasteiger partial charge < -0.3 is 10.1 Å². The summed E-state index contributed by atoms with van der Waals surface area (Å²) in [6.07, 6.45) is 2.15. The minimum Gasteiger partial charge on any atom is -0.444 e. The molecule has 5 heteroatoms. The smallest absolute Gasteiger partial charge is 0.410 e. The highest BCUT2D eigenvalue weighted by Crippen LogP contribution is 2.15. The van der Waals surface area contributed by atoms with Gasteiger partial charge in [-0.1, -0.05) is 0 Å². The molecule has 2 amide bonds. The lowest BCUT2D eigenvalue weighted by molar-refractivity contribution is -0.125. The lowest BCUT2D eigenvalue weighted by Gasteiger charge is -2.29. The molecule has 0 radical (unpaired) electrons. The molecule has 0 bridgehead atoms. The van der Waals surface area contributed by atoms with Gasteiger partial charge in [0.15, 0.2) is 0 Å². The largest absolute Gasteiger partial charge is 0.444 e. The van der Waals surface area contributed by atoms with Gasteiger partial charge in [-0.05, 0) is 40.0 Å². The normalized spacial score (nSPS) is 21.4. The molecule has 5 nitrogen and oxygen atoms in total. The van der Waals surface area contributed by atoms with Crippen molar-refractivity contribution in [3.8, 4) is 0 Å². The highest BCUT2D eigenvalue weighted by Gasteiger charge is 2.30. The maximum absolute atomic E-state index is 11.8. The van der Waals surface area contributed by atoms with E-state index < -0.39 is 17.7 Å². The van der Waals surface area contributed by atoms with Crippen LogP contribution in [-0.2, 0) is 9.53 Å². The first-order valence-corrected chi connectivity index (χ1v) is 6.05. The van der Waals surface area contributed by atoms with E-state index in [0.29, 0.717) is 13.0 Å². The van der Waals surface area contributed by atoms with E-state index in [2.05, 4.69) is 5.32 Å². The Morgan fingerprint density at radius 1 is 1.41 bits per heavy atom. The molecule has 0 spiro atoms. The molecule has 1 fully saturated rings. The van der Waals surface area contributed by atoms with Crippen LogP contribution in [0.15, 0.2) is 0 Å². The van der Waals surface area contributed by atoms with Crippen molar-refractivity contribution < 1.29 is 14.3 Å². The molecular formula is C12H22N2O3.